The van der Waals surface area contributed by atoms with Gasteiger partial charge < -0.3 is 20.5 Å². The van der Waals surface area contributed by atoms with E-state index >= 15 is 0 Å². The predicted octanol–water partition coefficient (Wildman–Crippen LogP) is 3.53. The molecule has 2 aromatic rings. The van der Waals surface area contributed by atoms with Crippen LogP contribution in [0.25, 0.3) is 11.1 Å². The van der Waals surface area contributed by atoms with Crippen molar-refractivity contribution < 1.29 is 24.2 Å². The number of nitrogens with one attached hydrogen (secondary N) is 2. The zero-order chi connectivity index (χ0) is 22.8. The Morgan fingerprint density at radius 2 is 1.62 bits per heavy atom. The molecule has 2 aromatic carbocycles. The second-order valence-electron chi connectivity index (χ2n) is 8.88. The monoisotopic (exact) mass is 436 g/mol. The molecule has 0 radical (unpaired) electrons. The Morgan fingerprint density at radius 1 is 1.03 bits per heavy atom. The van der Waals surface area contributed by atoms with Gasteiger partial charge in [-0.15, -0.1) is 0 Å². The summed E-state index contributed by atoms with van der Waals surface area (Å²) in [6, 6.07) is 14.8. The summed E-state index contributed by atoms with van der Waals surface area (Å²) < 4.78 is 5.46. The molecule has 32 heavy (non-hydrogen) atoms. The topological polar surface area (TPSA) is 105 Å². The van der Waals surface area contributed by atoms with Crippen LogP contribution in [0.5, 0.6) is 0 Å². The van der Waals surface area contributed by atoms with Crippen LogP contribution >= 0.6 is 0 Å². The Balaban J connectivity index is 1.38. The Labute approximate surface area is 187 Å². The van der Waals surface area contributed by atoms with Crippen molar-refractivity contribution in [2.45, 2.75) is 44.7 Å². The normalized spacial score (nSPS) is 19.6. The molecule has 3 unspecified atom stereocenters. The van der Waals surface area contributed by atoms with Crippen molar-refractivity contribution in [2.24, 2.45) is 11.8 Å². The quantitative estimate of drug-likeness (QED) is 0.587. The molecule has 3 atom stereocenters. The van der Waals surface area contributed by atoms with E-state index in [1.54, 1.807) is 0 Å². The zero-order valence-electron chi connectivity index (χ0n) is 18.2. The van der Waals surface area contributed by atoms with Crippen molar-refractivity contribution >= 4 is 18.0 Å². The number of hydrogen-bond acceptors (Lipinski definition) is 4. The summed E-state index contributed by atoms with van der Waals surface area (Å²) in [7, 11) is 0. The highest BCUT2D eigenvalue weighted by atomic mass is 16.5. The number of amides is 2. The smallest absolute Gasteiger partial charge is 0.407 e. The molecule has 0 bridgehead atoms. The Kier molecular flexibility index (Phi) is 6.17. The molecule has 0 aliphatic heterocycles. The average molecular weight is 437 g/mol. The van der Waals surface area contributed by atoms with Crippen molar-refractivity contribution in [3.8, 4) is 11.1 Å². The number of hydrogen-bond donors (Lipinski definition) is 3. The van der Waals surface area contributed by atoms with E-state index in [1.807, 2.05) is 48.5 Å². The number of carboxylic acids is 1. The number of aliphatic carboxylic acids is 1. The number of carboxylic acid groups (broad SMARTS) is 1. The fraction of sp³-hybridized carbons (Fsp3) is 0.400. The van der Waals surface area contributed by atoms with Crippen molar-refractivity contribution in [2.75, 3.05) is 6.61 Å². The van der Waals surface area contributed by atoms with Gasteiger partial charge in [-0.1, -0.05) is 62.4 Å². The lowest BCUT2D eigenvalue weighted by Crippen LogP contribution is -2.49. The summed E-state index contributed by atoms with van der Waals surface area (Å²) in [5.41, 5.74) is 4.39. The molecule has 2 amide bonds. The van der Waals surface area contributed by atoms with Crippen molar-refractivity contribution in [1.82, 2.24) is 10.6 Å². The summed E-state index contributed by atoms with van der Waals surface area (Å²) in [5.74, 6) is -0.945. The Bertz CT molecular complexity index is 989. The van der Waals surface area contributed by atoms with Crippen LogP contribution in [0.4, 0.5) is 4.79 Å². The van der Waals surface area contributed by atoms with Gasteiger partial charge in [-0.2, -0.15) is 0 Å². The summed E-state index contributed by atoms with van der Waals surface area (Å²) in [6.45, 7) is 4.26. The van der Waals surface area contributed by atoms with E-state index < -0.39 is 30.4 Å². The maximum Gasteiger partial charge on any atom is 0.407 e. The number of carbonyl (C=O) groups is 3. The number of alkyl carbamates (subject to hydrolysis) is 1. The molecule has 7 heteroatoms. The first-order valence-electron chi connectivity index (χ1n) is 11.0. The molecule has 0 saturated heterocycles. The fourth-order valence-corrected chi connectivity index (χ4v) is 4.57. The van der Waals surface area contributed by atoms with Gasteiger partial charge in [-0.3, -0.25) is 9.59 Å². The molecule has 0 aromatic heterocycles. The van der Waals surface area contributed by atoms with E-state index in [1.165, 1.54) is 0 Å². The van der Waals surface area contributed by atoms with Crippen molar-refractivity contribution in [1.29, 1.82) is 0 Å². The second-order valence-corrected chi connectivity index (χ2v) is 8.88. The minimum Gasteiger partial charge on any atom is -0.481 e. The zero-order valence-corrected chi connectivity index (χ0v) is 18.2. The van der Waals surface area contributed by atoms with Gasteiger partial charge in [0.25, 0.3) is 0 Å². The lowest BCUT2D eigenvalue weighted by molar-refractivity contribution is -0.139. The fourth-order valence-electron chi connectivity index (χ4n) is 4.57. The Morgan fingerprint density at radius 3 is 2.16 bits per heavy atom. The van der Waals surface area contributed by atoms with Gasteiger partial charge >= 0.3 is 12.1 Å². The lowest BCUT2D eigenvalue weighted by Gasteiger charge is -2.19. The predicted molar refractivity (Wildman–Crippen MR) is 119 cm³/mol. The largest absolute Gasteiger partial charge is 0.481 e. The molecule has 0 heterocycles. The van der Waals surface area contributed by atoms with E-state index in [-0.39, 0.29) is 18.6 Å². The molecule has 168 valence electrons. The highest BCUT2D eigenvalue weighted by molar-refractivity contribution is 5.89. The molecular formula is C25H28N2O5. The molecule has 0 spiro atoms. The highest BCUT2D eigenvalue weighted by Crippen LogP contribution is 2.44. The molecule has 2 aliphatic carbocycles. The summed E-state index contributed by atoms with van der Waals surface area (Å²) >= 11 is 0. The maximum absolute atomic E-state index is 12.6. The first-order valence-corrected chi connectivity index (χ1v) is 11.0. The van der Waals surface area contributed by atoms with Crippen LogP contribution in [0.3, 0.4) is 0 Å². The summed E-state index contributed by atoms with van der Waals surface area (Å²) in [4.78, 5) is 36.3. The van der Waals surface area contributed by atoms with Gasteiger partial charge in [0, 0.05) is 12.0 Å². The first-order chi connectivity index (χ1) is 15.3. The number of rotatable bonds is 8. The van der Waals surface area contributed by atoms with Gasteiger partial charge in [0.15, 0.2) is 0 Å². The van der Waals surface area contributed by atoms with Crippen LogP contribution in [0.15, 0.2) is 48.5 Å². The third-order valence-electron chi connectivity index (χ3n) is 6.35. The number of fused-ring (bicyclic) bond motifs is 3. The number of carbonyl (C=O) groups excluding carboxylic acids is 2. The second kappa shape index (κ2) is 9.02. The summed E-state index contributed by atoms with van der Waals surface area (Å²) in [5, 5.41) is 14.5. The van der Waals surface area contributed by atoms with E-state index in [2.05, 4.69) is 24.5 Å². The van der Waals surface area contributed by atoms with Gasteiger partial charge in [0.1, 0.15) is 12.6 Å². The van der Waals surface area contributed by atoms with Crippen LogP contribution in [0.1, 0.15) is 43.7 Å². The molecule has 1 fully saturated rings. The van der Waals surface area contributed by atoms with E-state index in [0.717, 1.165) is 28.7 Å². The molecule has 3 N–H and O–H groups in total. The van der Waals surface area contributed by atoms with E-state index in [9.17, 15) is 19.5 Å². The third-order valence-corrected chi connectivity index (χ3v) is 6.35. The molecule has 1 saturated carbocycles. The number of benzene rings is 2. The maximum atomic E-state index is 12.6. The van der Waals surface area contributed by atoms with Crippen LogP contribution < -0.4 is 10.6 Å². The van der Waals surface area contributed by atoms with E-state index in [0.29, 0.717) is 11.8 Å². The molecular weight excluding hydrogens is 408 g/mol. The van der Waals surface area contributed by atoms with Gasteiger partial charge in [0.2, 0.25) is 5.91 Å². The van der Waals surface area contributed by atoms with Crippen molar-refractivity contribution in [3.63, 3.8) is 0 Å². The number of ether oxygens (including phenoxy) is 1. The third kappa shape index (κ3) is 4.61. The van der Waals surface area contributed by atoms with E-state index in [4.69, 9.17) is 4.74 Å². The van der Waals surface area contributed by atoms with Crippen LogP contribution in [0, 0.1) is 11.8 Å². The van der Waals surface area contributed by atoms with Crippen LogP contribution in [-0.2, 0) is 14.3 Å². The van der Waals surface area contributed by atoms with Crippen LogP contribution in [0.2, 0.25) is 0 Å². The molecule has 2 aliphatic rings. The SMILES string of the molecule is CC(C)C1CC1NC(=O)C(CC(=O)O)NC(=O)OCC1c2ccccc2-c2ccccc21. The highest BCUT2D eigenvalue weighted by Gasteiger charge is 2.41. The minimum absolute atomic E-state index is 0.0307. The summed E-state index contributed by atoms with van der Waals surface area (Å²) in [6.07, 6.45) is -0.437. The van der Waals surface area contributed by atoms with Gasteiger partial charge in [-0.05, 0) is 40.5 Å². The average Bonchev–Trinajstić information content (AvgIpc) is 3.46. The minimum atomic E-state index is -1.18. The lowest BCUT2D eigenvalue weighted by atomic mass is 9.98. The molecule has 4 rings (SSSR count). The standard InChI is InChI=1S/C25H28N2O5/c1-14(2)19-11-21(19)26-24(30)22(12-23(28)29)27-25(31)32-13-20-17-9-5-3-7-15(17)16-8-4-6-10-18(16)20/h3-10,14,19-22H,11-13H2,1-2H3,(H,26,30)(H,27,31)(H,28,29). The van der Waals surface area contributed by atoms with Gasteiger partial charge in [0.05, 0.1) is 6.42 Å². The first kappa shape index (κ1) is 21.9. The Hall–Kier alpha value is -3.35. The van der Waals surface area contributed by atoms with Gasteiger partial charge in [-0.25, -0.2) is 4.79 Å². The molecule has 7 nitrogen and oxygen atoms in total. The van der Waals surface area contributed by atoms with Crippen molar-refractivity contribution in [3.05, 3.63) is 59.7 Å². The van der Waals surface area contributed by atoms with Crippen LogP contribution in [-0.4, -0.2) is 41.8 Å².